The second-order valence-corrected chi connectivity index (χ2v) is 5.63. The van der Waals surface area contributed by atoms with E-state index in [2.05, 4.69) is 10.3 Å². The first-order valence-corrected chi connectivity index (χ1v) is 6.79. The Kier molecular flexibility index (Phi) is 3.08. The number of hydrogen-bond donors (Lipinski definition) is 3. The molecule has 1 aromatic rings. The summed E-state index contributed by atoms with van der Waals surface area (Å²) in [7, 11) is 0. The molecule has 1 amide bonds. The summed E-state index contributed by atoms with van der Waals surface area (Å²) >= 11 is 0. The highest BCUT2D eigenvalue weighted by Gasteiger charge is 2.51. The van der Waals surface area contributed by atoms with Crippen molar-refractivity contribution in [2.45, 2.75) is 25.3 Å². The van der Waals surface area contributed by atoms with Gasteiger partial charge in [-0.15, -0.1) is 0 Å². The van der Waals surface area contributed by atoms with Crippen LogP contribution in [0.15, 0.2) is 23.0 Å². The van der Waals surface area contributed by atoms with E-state index in [1.54, 1.807) is 0 Å². The zero-order valence-corrected chi connectivity index (χ0v) is 10.8. The maximum atomic E-state index is 12.1. The third kappa shape index (κ3) is 2.11. The van der Waals surface area contributed by atoms with Gasteiger partial charge in [0.25, 0.3) is 5.91 Å². The Hall–Kier alpha value is -2.11. The summed E-state index contributed by atoms with van der Waals surface area (Å²) in [6.45, 7) is 0. The summed E-state index contributed by atoms with van der Waals surface area (Å²) < 4.78 is 0. The van der Waals surface area contributed by atoms with Crippen molar-refractivity contribution in [1.82, 2.24) is 10.3 Å². The van der Waals surface area contributed by atoms with Gasteiger partial charge in [0, 0.05) is 12.1 Å². The third-order valence-corrected chi connectivity index (χ3v) is 4.51. The van der Waals surface area contributed by atoms with Gasteiger partial charge in [-0.1, -0.05) is 6.07 Å². The number of aromatic amines is 1. The smallest absolute Gasteiger partial charge is 0.308 e. The fraction of sp³-hybridized carbons (Fsp3) is 0.500. The van der Waals surface area contributed by atoms with Crippen molar-refractivity contribution in [2.75, 3.05) is 0 Å². The largest absolute Gasteiger partial charge is 0.481 e. The first-order valence-electron chi connectivity index (χ1n) is 6.79. The fourth-order valence-electron chi connectivity index (χ4n) is 3.66. The van der Waals surface area contributed by atoms with Crippen molar-refractivity contribution in [1.29, 1.82) is 0 Å². The molecule has 6 nitrogen and oxygen atoms in total. The number of rotatable bonds is 3. The summed E-state index contributed by atoms with van der Waals surface area (Å²) in [6, 6.07) is 4.01. The highest BCUT2D eigenvalue weighted by molar-refractivity contribution is 5.92. The molecular weight excluding hydrogens is 260 g/mol. The van der Waals surface area contributed by atoms with Crippen LogP contribution in [0.3, 0.4) is 0 Å². The number of aromatic nitrogens is 1. The van der Waals surface area contributed by atoms with E-state index in [4.69, 9.17) is 0 Å². The molecule has 2 aliphatic carbocycles. The molecule has 3 rings (SSSR count). The monoisotopic (exact) mass is 276 g/mol. The number of carboxylic acids is 1. The number of pyridine rings is 1. The molecule has 2 fully saturated rings. The zero-order chi connectivity index (χ0) is 14.3. The number of aliphatic carboxylic acids is 1. The maximum Gasteiger partial charge on any atom is 0.308 e. The van der Waals surface area contributed by atoms with E-state index < -0.39 is 17.8 Å². The number of carbonyl (C=O) groups excluding carboxylic acids is 1. The second-order valence-electron chi connectivity index (χ2n) is 5.63. The lowest BCUT2D eigenvalue weighted by Crippen LogP contribution is -2.47. The molecule has 4 atom stereocenters. The Morgan fingerprint density at radius 3 is 2.70 bits per heavy atom. The van der Waals surface area contributed by atoms with Crippen LogP contribution in [-0.2, 0) is 4.79 Å². The quantitative estimate of drug-likeness (QED) is 0.753. The number of carbonyl (C=O) groups is 2. The van der Waals surface area contributed by atoms with E-state index in [1.807, 2.05) is 0 Å². The molecule has 0 aliphatic heterocycles. The van der Waals surface area contributed by atoms with Crippen LogP contribution in [0.2, 0.25) is 0 Å². The normalized spacial score (nSPS) is 31.2. The van der Waals surface area contributed by atoms with Gasteiger partial charge in [0.1, 0.15) is 5.69 Å². The van der Waals surface area contributed by atoms with Crippen LogP contribution in [0.25, 0.3) is 0 Å². The van der Waals surface area contributed by atoms with Crippen LogP contribution in [0.5, 0.6) is 0 Å². The van der Waals surface area contributed by atoms with Gasteiger partial charge >= 0.3 is 5.97 Å². The zero-order valence-electron chi connectivity index (χ0n) is 10.8. The predicted molar refractivity (Wildman–Crippen MR) is 70.3 cm³/mol. The maximum absolute atomic E-state index is 12.1. The van der Waals surface area contributed by atoms with Gasteiger partial charge in [0.2, 0.25) is 5.56 Å². The number of hydrogen-bond acceptors (Lipinski definition) is 3. The molecule has 2 saturated carbocycles. The third-order valence-electron chi connectivity index (χ3n) is 4.51. The van der Waals surface area contributed by atoms with Crippen LogP contribution in [0, 0.1) is 17.8 Å². The summed E-state index contributed by atoms with van der Waals surface area (Å²) in [5, 5.41) is 12.1. The lowest BCUT2D eigenvalue weighted by atomic mass is 9.84. The topological polar surface area (TPSA) is 99.3 Å². The second kappa shape index (κ2) is 4.77. The molecule has 106 valence electrons. The van der Waals surface area contributed by atoms with Gasteiger partial charge < -0.3 is 15.4 Å². The average Bonchev–Trinajstić information content (AvgIpc) is 2.99. The van der Waals surface area contributed by atoms with Crippen molar-refractivity contribution >= 4 is 11.9 Å². The number of H-pyrrole nitrogens is 1. The number of amides is 1. The standard InChI is InChI=1S/C14H16N2O4/c17-10-3-1-2-9(15-10)13(18)16-12-8-5-4-7(6-8)11(12)14(19)20/h1-3,7-8,11-12H,4-6H2,(H,15,17)(H,16,18)(H,19,20). The molecule has 0 aromatic carbocycles. The number of nitrogens with one attached hydrogen (secondary N) is 2. The van der Waals surface area contributed by atoms with Gasteiger partial charge in [-0.2, -0.15) is 0 Å². The molecule has 20 heavy (non-hydrogen) atoms. The van der Waals surface area contributed by atoms with Crippen LogP contribution in [0.1, 0.15) is 29.8 Å². The van der Waals surface area contributed by atoms with Crippen LogP contribution in [0.4, 0.5) is 0 Å². The van der Waals surface area contributed by atoms with E-state index >= 15 is 0 Å². The summed E-state index contributed by atoms with van der Waals surface area (Å²) in [5.41, 5.74) is -0.176. The molecular formula is C14H16N2O4. The van der Waals surface area contributed by atoms with E-state index in [9.17, 15) is 19.5 Å². The molecule has 1 heterocycles. The molecule has 2 aliphatic rings. The van der Waals surface area contributed by atoms with Gasteiger partial charge in [0.15, 0.2) is 0 Å². The minimum Gasteiger partial charge on any atom is -0.481 e. The van der Waals surface area contributed by atoms with Crippen LogP contribution in [-0.4, -0.2) is 28.0 Å². The van der Waals surface area contributed by atoms with Gasteiger partial charge in [-0.3, -0.25) is 14.4 Å². The first kappa shape index (κ1) is 12.9. The molecule has 4 unspecified atom stereocenters. The molecule has 1 aromatic heterocycles. The minimum absolute atomic E-state index is 0.164. The van der Waals surface area contributed by atoms with E-state index in [-0.39, 0.29) is 29.1 Å². The molecule has 3 N–H and O–H groups in total. The van der Waals surface area contributed by atoms with Crippen molar-refractivity contribution in [3.63, 3.8) is 0 Å². The molecule has 2 bridgehead atoms. The Morgan fingerprint density at radius 1 is 1.25 bits per heavy atom. The lowest BCUT2D eigenvalue weighted by Gasteiger charge is -2.28. The molecule has 0 saturated heterocycles. The summed E-state index contributed by atoms with van der Waals surface area (Å²) in [6.07, 6.45) is 2.76. The Bertz CT molecular complexity index is 609. The van der Waals surface area contributed by atoms with Gasteiger partial charge in [-0.05, 0) is 37.2 Å². The van der Waals surface area contributed by atoms with Crippen LogP contribution >= 0.6 is 0 Å². The Labute approximate surface area is 115 Å². The van der Waals surface area contributed by atoms with E-state index in [0.29, 0.717) is 0 Å². The van der Waals surface area contributed by atoms with E-state index in [0.717, 1.165) is 19.3 Å². The Morgan fingerprint density at radius 2 is 2.00 bits per heavy atom. The highest BCUT2D eigenvalue weighted by Crippen LogP contribution is 2.48. The Balaban J connectivity index is 1.78. The SMILES string of the molecule is O=C(NC1C2CCC(C2)C1C(=O)O)c1cccc(=O)[nH]1. The highest BCUT2D eigenvalue weighted by atomic mass is 16.4. The van der Waals surface area contributed by atoms with Crippen molar-refractivity contribution in [3.05, 3.63) is 34.2 Å². The fourth-order valence-corrected chi connectivity index (χ4v) is 3.66. The summed E-state index contributed by atoms with van der Waals surface area (Å²) in [4.78, 5) is 37.1. The molecule has 0 spiro atoms. The lowest BCUT2D eigenvalue weighted by molar-refractivity contribution is -0.144. The van der Waals surface area contributed by atoms with Crippen molar-refractivity contribution < 1.29 is 14.7 Å². The van der Waals surface area contributed by atoms with Gasteiger partial charge in [-0.25, -0.2) is 0 Å². The molecule has 6 heteroatoms. The van der Waals surface area contributed by atoms with E-state index in [1.165, 1.54) is 18.2 Å². The number of carboxylic acid groups (broad SMARTS) is 1. The van der Waals surface area contributed by atoms with Crippen molar-refractivity contribution in [2.24, 2.45) is 17.8 Å². The van der Waals surface area contributed by atoms with Crippen molar-refractivity contribution in [3.8, 4) is 0 Å². The first-order chi connectivity index (χ1) is 9.56. The molecule has 0 radical (unpaired) electrons. The van der Waals surface area contributed by atoms with Gasteiger partial charge in [0.05, 0.1) is 5.92 Å². The van der Waals surface area contributed by atoms with Crippen LogP contribution < -0.4 is 10.9 Å². The predicted octanol–water partition coefficient (Wildman–Crippen LogP) is 0.604. The number of fused-ring (bicyclic) bond motifs is 2. The summed E-state index contributed by atoms with van der Waals surface area (Å²) in [5.74, 6) is -1.36. The minimum atomic E-state index is -0.843. The average molecular weight is 276 g/mol.